The molecule has 1 aromatic rings. The summed E-state index contributed by atoms with van der Waals surface area (Å²) in [5.41, 5.74) is 1.62. The van der Waals surface area contributed by atoms with Crippen LogP contribution in [0.1, 0.15) is 48.3 Å². The summed E-state index contributed by atoms with van der Waals surface area (Å²) >= 11 is 0. The molecule has 0 aliphatic carbocycles. The largest absolute Gasteiger partial charge is 0.333 e. The van der Waals surface area contributed by atoms with Crippen molar-refractivity contribution in [3.8, 4) is 0 Å². The van der Waals surface area contributed by atoms with Gasteiger partial charge in [-0.3, -0.25) is 9.48 Å². The van der Waals surface area contributed by atoms with E-state index in [1.54, 1.807) is 4.68 Å². The van der Waals surface area contributed by atoms with Gasteiger partial charge in [-0.25, -0.2) is 0 Å². The third kappa shape index (κ3) is 2.46. The highest BCUT2D eigenvalue weighted by atomic mass is 16.2. The maximum atomic E-state index is 12.8. The monoisotopic (exact) mass is 276 g/mol. The van der Waals surface area contributed by atoms with Gasteiger partial charge in [0.1, 0.15) is 5.69 Å². The van der Waals surface area contributed by atoms with Crippen LogP contribution in [0.15, 0.2) is 6.07 Å². The molecule has 2 aliphatic heterocycles. The molecule has 1 aromatic heterocycles. The third-order valence-corrected chi connectivity index (χ3v) is 4.59. The lowest BCUT2D eigenvalue weighted by Crippen LogP contribution is -2.52. The average Bonchev–Trinajstić information content (AvgIpc) is 3.07. The third-order valence-electron chi connectivity index (χ3n) is 4.59. The summed E-state index contributed by atoms with van der Waals surface area (Å²) in [7, 11) is 1.85. The van der Waals surface area contributed by atoms with Crippen molar-refractivity contribution >= 4 is 5.91 Å². The number of hydrogen-bond donors (Lipinski definition) is 1. The molecular formula is C15H24N4O. The molecule has 0 spiro atoms. The maximum absolute atomic E-state index is 12.8. The van der Waals surface area contributed by atoms with Gasteiger partial charge in [0, 0.05) is 25.7 Å². The standard InChI is InChI=1S/C15H24N4O/c1-11-10-14(18(2)17-11)15(20)19-9-4-3-7-13(19)12-6-5-8-16-12/h10,12-13,16H,3-9H2,1-2H3. The molecule has 0 bridgehead atoms. The summed E-state index contributed by atoms with van der Waals surface area (Å²) < 4.78 is 1.71. The molecule has 3 heterocycles. The number of hydrogen-bond acceptors (Lipinski definition) is 3. The van der Waals surface area contributed by atoms with Crippen molar-refractivity contribution in [1.29, 1.82) is 0 Å². The highest BCUT2D eigenvalue weighted by Gasteiger charge is 2.35. The SMILES string of the molecule is Cc1cc(C(=O)N2CCCCC2C2CCCN2)n(C)n1. The van der Waals surface area contributed by atoms with Crippen molar-refractivity contribution in [3.63, 3.8) is 0 Å². The molecule has 5 heteroatoms. The van der Waals surface area contributed by atoms with Gasteiger partial charge in [0.15, 0.2) is 0 Å². The Kier molecular flexibility index (Phi) is 3.78. The lowest BCUT2D eigenvalue weighted by Gasteiger charge is -2.39. The second kappa shape index (κ2) is 5.56. The molecule has 2 aliphatic rings. The first-order valence-electron chi connectivity index (χ1n) is 7.72. The predicted octanol–water partition coefficient (Wildman–Crippen LogP) is 1.48. The molecule has 1 N–H and O–H groups in total. The highest BCUT2D eigenvalue weighted by molar-refractivity contribution is 5.93. The fraction of sp³-hybridized carbons (Fsp3) is 0.733. The Bertz CT molecular complexity index is 490. The van der Waals surface area contributed by atoms with Crippen LogP contribution < -0.4 is 5.32 Å². The number of nitrogens with one attached hydrogen (secondary N) is 1. The van der Waals surface area contributed by atoms with E-state index < -0.39 is 0 Å². The van der Waals surface area contributed by atoms with Crippen molar-refractivity contribution in [1.82, 2.24) is 20.0 Å². The summed E-state index contributed by atoms with van der Waals surface area (Å²) in [6, 6.07) is 2.73. The van der Waals surface area contributed by atoms with E-state index in [-0.39, 0.29) is 5.91 Å². The van der Waals surface area contributed by atoms with Gasteiger partial charge >= 0.3 is 0 Å². The van der Waals surface area contributed by atoms with Gasteiger partial charge in [-0.05, 0) is 51.6 Å². The second-order valence-electron chi connectivity index (χ2n) is 6.06. The van der Waals surface area contributed by atoms with Crippen LogP contribution in [0.5, 0.6) is 0 Å². The van der Waals surface area contributed by atoms with Gasteiger partial charge in [-0.1, -0.05) is 0 Å². The quantitative estimate of drug-likeness (QED) is 0.890. The number of carbonyl (C=O) groups excluding carboxylic acids is 1. The first kappa shape index (κ1) is 13.6. The van der Waals surface area contributed by atoms with Gasteiger partial charge in [0.25, 0.3) is 5.91 Å². The Hall–Kier alpha value is -1.36. The normalized spacial score (nSPS) is 27.0. The van der Waals surface area contributed by atoms with Crippen LogP contribution in [0.25, 0.3) is 0 Å². The van der Waals surface area contributed by atoms with E-state index in [2.05, 4.69) is 15.3 Å². The molecule has 2 atom stereocenters. The van der Waals surface area contributed by atoms with Crippen LogP contribution in [0.4, 0.5) is 0 Å². The topological polar surface area (TPSA) is 50.2 Å². The zero-order valence-corrected chi connectivity index (χ0v) is 12.4. The van der Waals surface area contributed by atoms with Crippen LogP contribution >= 0.6 is 0 Å². The van der Waals surface area contributed by atoms with E-state index in [1.165, 1.54) is 19.3 Å². The smallest absolute Gasteiger partial charge is 0.272 e. The van der Waals surface area contributed by atoms with E-state index in [4.69, 9.17) is 0 Å². The summed E-state index contributed by atoms with van der Waals surface area (Å²) in [6.07, 6.45) is 5.90. The highest BCUT2D eigenvalue weighted by Crippen LogP contribution is 2.25. The Morgan fingerprint density at radius 2 is 2.20 bits per heavy atom. The second-order valence-corrected chi connectivity index (χ2v) is 6.06. The number of aryl methyl sites for hydroxylation is 2. The number of likely N-dealkylation sites (tertiary alicyclic amines) is 1. The van der Waals surface area contributed by atoms with Crippen LogP contribution in [-0.2, 0) is 7.05 Å². The maximum Gasteiger partial charge on any atom is 0.272 e. The minimum atomic E-state index is 0.145. The Morgan fingerprint density at radius 1 is 1.35 bits per heavy atom. The van der Waals surface area contributed by atoms with Crippen molar-refractivity contribution < 1.29 is 4.79 Å². The molecular weight excluding hydrogens is 252 g/mol. The van der Waals surface area contributed by atoms with Gasteiger partial charge < -0.3 is 10.2 Å². The van der Waals surface area contributed by atoms with E-state index in [0.29, 0.717) is 17.8 Å². The Labute approximate surface area is 120 Å². The molecule has 20 heavy (non-hydrogen) atoms. The first-order chi connectivity index (χ1) is 9.66. The van der Waals surface area contributed by atoms with Crippen LogP contribution in [0.3, 0.4) is 0 Å². The molecule has 3 rings (SSSR count). The molecule has 0 aromatic carbocycles. The van der Waals surface area contributed by atoms with E-state index >= 15 is 0 Å². The molecule has 2 unspecified atom stereocenters. The van der Waals surface area contributed by atoms with Crippen molar-refractivity contribution in [2.45, 2.75) is 51.1 Å². The molecule has 2 saturated heterocycles. The number of rotatable bonds is 2. The lowest BCUT2D eigenvalue weighted by atomic mass is 9.94. The lowest BCUT2D eigenvalue weighted by molar-refractivity contribution is 0.0552. The molecule has 1 amide bonds. The van der Waals surface area contributed by atoms with Crippen LogP contribution in [0.2, 0.25) is 0 Å². The van der Waals surface area contributed by atoms with E-state index in [1.807, 2.05) is 20.0 Å². The Morgan fingerprint density at radius 3 is 2.85 bits per heavy atom. The summed E-state index contributed by atoms with van der Waals surface area (Å²) in [5.74, 6) is 0.145. The first-order valence-corrected chi connectivity index (χ1v) is 7.72. The average molecular weight is 276 g/mol. The van der Waals surface area contributed by atoms with Gasteiger partial charge in [-0.2, -0.15) is 5.10 Å². The molecule has 2 fully saturated rings. The number of aromatic nitrogens is 2. The molecule has 5 nitrogen and oxygen atoms in total. The fourth-order valence-corrected chi connectivity index (χ4v) is 3.63. The van der Waals surface area contributed by atoms with Crippen molar-refractivity contribution in [3.05, 3.63) is 17.5 Å². The summed E-state index contributed by atoms with van der Waals surface area (Å²) in [5, 5.41) is 7.87. The minimum absolute atomic E-state index is 0.145. The van der Waals surface area contributed by atoms with Crippen LogP contribution in [0, 0.1) is 6.92 Å². The zero-order chi connectivity index (χ0) is 14.1. The molecule has 110 valence electrons. The Balaban J connectivity index is 1.82. The zero-order valence-electron chi connectivity index (χ0n) is 12.4. The number of amides is 1. The van der Waals surface area contributed by atoms with Crippen LogP contribution in [-0.4, -0.2) is 45.8 Å². The predicted molar refractivity (Wildman–Crippen MR) is 77.6 cm³/mol. The number of carbonyl (C=O) groups is 1. The van der Waals surface area contributed by atoms with Gasteiger partial charge in [-0.15, -0.1) is 0 Å². The number of piperidine rings is 1. The van der Waals surface area contributed by atoms with E-state index in [0.717, 1.165) is 31.6 Å². The van der Waals surface area contributed by atoms with Crippen molar-refractivity contribution in [2.24, 2.45) is 7.05 Å². The van der Waals surface area contributed by atoms with Crippen molar-refractivity contribution in [2.75, 3.05) is 13.1 Å². The van der Waals surface area contributed by atoms with E-state index in [9.17, 15) is 4.79 Å². The summed E-state index contributed by atoms with van der Waals surface area (Å²) in [4.78, 5) is 14.9. The van der Waals surface area contributed by atoms with Gasteiger partial charge in [0.2, 0.25) is 0 Å². The van der Waals surface area contributed by atoms with Gasteiger partial charge in [0.05, 0.1) is 5.69 Å². The minimum Gasteiger partial charge on any atom is -0.333 e. The number of nitrogens with zero attached hydrogens (tertiary/aromatic N) is 3. The summed E-state index contributed by atoms with van der Waals surface area (Å²) in [6.45, 7) is 3.91. The molecule has 0 radical (unpaired) electrons. The fourth-order valence-electron chi connectivity index (χ4n) is 3.63. The molecule has 0 saturated carbocycles.